The average Bonchev–Trinajstić information content (AvgIpc) is 1.89. The lowest BCUT2D eigenvalue weighted by atomic mass is 10.4. The molecule has 0 aromatic rings. The van der Waals surface area contributed by atoms with E-state index in [0.29, 0.717) is 6.54 Å². The highest BCUT2D eigenvalue weighted by Crippen LogP contribution is 1.74. The Balaban J connectivity index is 3.05. The molecule has 2 N–H and O–H groups in total. The molecule has 0 saturated carbocycles. The highest BCUT2D eigenvalue weighted by Gasteiger charge is 1.96. The molecule has 0 heterocycles. The van der Waals surface area contributed by atoms with Crippen LogP contribution in [0, 0.1) is 0 Å². The molecule has 59 valence electrons. The van der Waals surface area contributed by atoms with Gasteiger partial charge in [0.2, 0.25) is 5.91 Å². The van der Waals surface area contributed by atoms with E-state index in [9.17, 15) is 9.90 Å². The van der Waals surface area contributed by atoms with Crippen LogP contribution in [0.25, 0.3) is 0 Å². The molecule has 0 aliphatic carbocycles. The molecule has 0 aromatic carbocycles. The molecule has 0 bridgehead atoms. The van der Waals surface area contributed by atoms with Gasteiger partial charge in [0.25, 0.3) is 0 Å². The number of carbonyl (C=O) groups excluding carboxylic acids is 1. The van der Waals surface area contributed by atoms with Gasteiger partial charge in [-0.3, -0.25) is 4.79 Å². The van der Waals surface area contributed by atoms with Gasteiger partial charge in [-0.05, 0) is 7.05 Å². The summed E-state index contributed by atoms with van der Waals surface area (Å²) in [5.74, 6) is -0.162. The second-order valence-corrected chi connectivity index (χ2v) is 1.91. The fourth-order valence-electron chi connectivity index (χ4n) is 0.508. The Hall–Kier alpha value is -0.610. The van der Waals surface area contributed by atoms with Crippen LogP contribution in [-0.2, 0) is 9.90 Å². The number of likely N-dealkylation sites (N-methyl/N-ethyl adjacent to an activating group) is 1. The zero-order valence-electron chi connectivity index (χ0n) is 6.14. The summed E-state index contributed by atoms with van der Waals surface area (Å²) in [6.07, 6.45) is 0.0870. The van der Waals surface area contributed by atoms with E-state index in [1.165, 1.54) is 0 Å². The Bertz CT molecular complexity index is 95.7. The SMILES string of the molecule is CNCCNC(=O)CC[O]. The summed E-state index contributed by atoms with van der Waals surface area (Å²) in [6, 6.07) is 0. The molecule has 10 heavy (non-hydrogen) atoms. The van der Waals surface area contributed by atoms with Gasteiger partial charge in [0.05, 0.1) is 13.0 Å². The minimum Gasteiger partial charge on any atom is -0.355 e. The van der Waals surface area contributed by atoms with Crippen molar-refractivity contribution in [2.24, 2.45) is 0 Å². The molecule has 0 fully saturated rings. The topological polar surface area (TPSA) is 61.0 Å². The van der Waals surface area contributed by atoms with Crippen molar-refractivity contribution in [3.05, 3.63) is 0 Å². The number of carbonyl (C=O) groups is 1. The summed E-state index contributed by atoms with van der Waals surface area (Å²) < 4.78 is 0. The summed E-state index contributed by atoms with van der Waals surface area (Å²) in [4.78, 5) is 10.6. The number of rotatable bonds is 5. The number of amides is 1. The zero-order chi connectivity index (χ0) is 7.82. The Kier molecular flexibility index (Phi) is 6.11. The molecule has 4 nitrogen and oxygen atoms in total. The molecule has 0 aliphatic rings. The van der Waals surface area contributed by atoms with Gasteiger partial charge in [-0.2, -0.15) is 0 Å². The predicted octanol–water partition coefficient (Wildman–Crippen LogP) is -0.857. The van der Waals surface area contributed by atoms with Crippen LogP contribution in [0.2, 0.25) is 0 Å². The van der Waals surface area contributed by atoms with Gasteiger partial charge < -0.3 is 10.6 Å². The predicted molar refractivity (Wildman–Crippen MR) is 37.1 cm³/mol. The molecule has 0 atom stereocenters. The Morgan fingerprint density at radius 1 is 1.40 bits per heavy atom. The molecule has 0 spiro atoms. The fraction of sp³-hybridized carbons (Fsp3) is 0.833. The molecule has 0 rings (SSSR count). The molecule has 0 unspecified atom stereocenters. The third-order valence-electron chi connectivity index (χ3n) is 1.03. The summed E-state index contributed by atoms with van der Waals surface area (Å²) in [5.41, 5.74) is 0. The van der Waals surface area contributed by atoms with Crippen LogP contribution < -0.4 is 10.6 Å². The minimum absolute atomic E-state index is 0.0870. The fourth-order valence-corrected chi connectivity index (χ4v) is 0.508. The van der Waals surface area contributed by atoms with Crippen molar-refractivity contribution in [1.82, 2.24) is 10.6 Å². The molecule has 1 radical (unpaired) electrons. The average molecular weight is 145 g/mol. The standard InChI is InChI=1S/C6H13N2O2/c1-7-3-4-8-6(10)2-5-9/h7H,2-5H2,1H3,(H,8,10). The summed E-state index contributed by atoms with van der Waals surface area (Å²) in [6.45, 7) is 1.01. The first-order chi connectivity index (χ1) is 4.81. The van der Waals surface area contributed by atoms with E-state index in [4.69, 9.17) is 0 Å². The maximum absolute atomic E-state index is 10.6. The van der Waals surface area contributed by atoms with E-state index in [-0.39, 0.29) is 18.9 Å². The Morgan fingerprint density at radius 3 is 2.60 bits per heavy atom. The molecule has 0 aromatic heterocycles. The van der Waals surface area contributed by atoms with Gasteiger partial charge in [-0.15, -0.1) is 0 Å². The molecule has 4 heteroatoms. The van der Waals surface area contributed by atoms with E-state index in [0.717, 1.165) is 6.54 Å². The molecule has 1 amide bonds. The largest absolute Gasteiger partial charge is 0.355 e. The van der Waals surface area contributed by atoms with Gasteiger partial charge in [0, 0.05) is 13.1 Å². The lowest BCUT2D eigenvalue weighted by Gasteiger charge is -2.01. The highest BCUT2D eigenvalue weighted by molar-refractivity contribution is 5.75. The minimum atomic E-state index is -0.328. The molecular weight excluding hydrogens is 132 g/mol. The van der Waals surface area contributed by atoms with E-state index in [1.807, 2.05) is 0 Å². The quantitative estimate of drug-likeness (QED) is 0.495. The van der Waals surface area contributed by atoms with Crippen LogP contribution in [0.5, 0.6) is 0 Å². The number of nitrogens with one attached hydrogen (secondary N) is 2. The molecule has 0 saturated heterocycles. The lowest BCUT2D eigenvalue weighted by Crippen LogP contribution is -2.30. The maximum Gasteiger partial charge on any atom is 0.222 e. The van der Waals surface area contributed by atoms with Crippen LogP contribution in [0.4, 0.5) is 0 Å². The number of hydrogen-bond donors (Lipinski definition) is 2. The van der Waals surface area contributed by atoms with E-state index in [2.05, 4.69) is 10.6 Å². The summed E-state index contributed by atoms with van der Waals surface area (Å²) >= 11 is 0. The number of hydrogen-bond acceptors (Lipinski definition) is 2. The third kappa shape index (κ3) is 5.53. The van der Waals surface area contributed by atoms with Gasteiger partial charge in [0.15, 0.2) is 0 Å². The van der Waals surface area contributed by atoms with Crippen molar-refractivity contribution in [1.29, 1.82) is 0 Å². The van der Waals surface area contributed by atoms with Crippen LogP contribution in [0.3, 0.4) is 0 Å². The van der Waals surface area contributed by atoms with Crippen molar-refractivity contribution in [3.63, 3.8) is 0 Å². The second kappa shape index (κ2) is 6.51. The van der Waals surface area contributed by atoms with Gasteiger partial charge in [0.1, 0.15) is 0 Å². The third-order valence-corrected chi connectivity index (χ3v) is 1.03. The monoisotopic (exact) mass is 145 g/mol. The van der Waals surface area contributed by atoms with Gasteiger partial charge in [-0.1, -0.05) is 0 Å². The second-order valence-electron chi connectivity index (χ2n) is 1.91. The van der Waals surface area contributed by atoms with Crippen molar-refractivity contribution in [2.75, 3.05) is 26.7 Å². The first-order valence-electron chi connectivity index (χ1n) is 3.30. The van der Waals surface area contributed by atoms with Crippen molar-refractivity contribution in [3.8, 4) is 0 Å². The lowest BCUT2D eigenvalue weighted by molar-refractivity contribution is -0.122. The van der Waals surface area contributed by atoms with Crippen molar-refractivity contribution < 1.29 is 9.90 Å². The van der Waals surface area contributed by atoms with E-state index >= 15 is 0 Å². The van der Waals surface area contributed by atoms with Crippen molar-refractivity contribution >= 4 is 5.91 Å². The van der Waals surface area contributed by atoms with Crippen LogP contribution >= 0.6 is 0 Å². The Labute approximate surface area is 60.6 Å². The maximum atomic E-state index is 10.6. The first kappa shape index (κ1) is 9.39. The zero-order valence-corrected chi connectivity index (χ0v) is 6.14. The van der Waals surface area contributed by atoms with Crippen LogP contribution in [0.1, 0.15) is 6.42 Å². The van der Waals surface area contributed by atoms with Crippen LogP contribution in [-0.4, -0.2) is 32.7 Å². The molecular formula is C6H13N2O2. The van der Waals surface area contributed by atoms with Gasteiger partial charge >= 0.3 is 0 Å². The Morgan fingerprint density at radius 2 is 2.10 bits per heavy atom. The highest BCUT2D eigenvalue weighted by atomic mass is 16.3. The first-order valence-corrected chi connectivity index (χ1v) is 3.30. The normalized spacial score (nSPS) is 9.40. The van der Waals surface area contributed by atoms with Crippen molar-refractivity contribution in [2.45, 2.75) is 6.42 Å². The van der Waals surface area contributed by atoms with Crippen LogP contribution in [0.15, 0.2) is 0 Å². The van der Waals surface area contributed by atoms with Gasteiger partial charge in [-0.25, -0.2) is 5.11 Å². The summed E-state index contributed by atoms with van der Waals surface area (Å²) in [5, 5.41) is 15.4. The van der Waals surface area contributed by atoms with E-state index < -0.39 is 0 Å². The smallest absolute Gasteiger partial charge is 0.222 e. The van der Waals surface area contributed by atoms with E-state index in [1.54, 1.807) is 7.05 Å². The summed E-state index contributed by atoms with van der Waals surface area (Å²) in [7, 11) is 1.81. The molecule has 0 aliphatic heterocycles.